The number of nitrogens with zero attached hydrogens (tertiary/aromatic N) is 1. The first-order chi connectivity index (χ1) is 9.05. The van der Waals surface area contributed by atoms with E-state index in [0.29, 0.717) is 26.1 Å². The van der Waals surface area contributed by atoms with E-state index in [-0.39, 0.29) is 11.9 Å². The number of hydrogen-bond acceptors (Lipinski definition) is 5. The lowest BCUT2D eigenvalue weighted by atomic mass is 9.90. The van der Waals surface area contributed by atoms with Crippen molar-refractivity contribution >= 4 is 17.2 Å². The molecule has 0 aliphatic carbocycles. The van der Waals surface area contributed by atoms with E-state index in [2.05, 4.69) is 10.3 Å². The molecule has 6 heteroatoms. The second-order valence-electron chi connectivity index (χ2n) is 5.03. The molecule has 5 nitrogen and oxygen atoms in total. The zero-order valence-electron chi connectivity index (χ0n) is 11.4. The van der Waals surface area contributed by atoms with Crippen molar-refractivity contribution in [2.75, 3.05) is 13.2 Å². The second kappa shape index (κ2) is 5.98. The molecule has 0 saturated carbocycles. The average Bonchev–Trinajstić information content (AvgIpc) is 2.83. The SMILES string of the molecule is CCC(NC(=O)C1(N)CCOCC1)c1nc(C)cs1. The Balaban J connectivity index is 2.03. The van der Waals surface area contributed by atoms with Crippen molar-refractivity contribution in [1.82, 2.24) is 10.3 Å². The van der Waals surface area contributed by atoms with Gasteiger partial charge in [0.15, 0.2) is 0 Å². The average molecular weight is 283 g/mol. The van der Waals surface area contributed by atoms with Crippen molar-refractivity contribution in [1.29, 1.82) is 0 Å². The van der Waals surface area contributed by atoms with Crippen LogP contribution in [-0.2, 0) is 9.53 Å². The molecule has 1 unspecified atom stereocenters. The molecule has 19 heavy (non-hydrogen) atoms. The zero-order chi connectivity index (χ0) is 13.9. The Bertz CT molecular complexity index is 441. The van der Waals surface area contributed by atoms with Gasteiger partial charge in [0.1, 0.15) is 5.01 Å². The molecule has 2 rings (SSSR count). The summed E-state index contributed by atoms with van der Waals surface area (Å²) in [5.41, 5.74) is 6.37. The van der Waals surface area contributed by atoms with Crippen LogP contribution in [0.4, 0.5) is 0 Å². The molecular formula is C13H21N3O2S. The highest BCUT2D eigenvalue weighted by atomic mass is 32.1. The number of carbonyl (C=O) groups excluding carboxylic acids is 1. The van der Waals surface area contributed by atoms with Crippen LogP contribution in [0.15, 0.2) is 5.38 Å². The van der Waals surface area contributed by atoms with Crippen molar-refractivity contribution < 1.29 is 9.53 Å². The van der Waals surface area contributed by atoms with Gasteiger partial charge < -0.3 is 15.8 Å². The lowest BCUT2D eigenvalue weighted by Crippen LogP contribution is -2.57. The van der Waals surface area contributed by atoms with E-state index in [9.17, 15) is 4.79 Å². The molecule has 0 bridgehead atoms. The number of hydrogen-bond donors (Lipinski definition) is 2. The van der Waals surface area contributed by atoms with Crippen molar-refractivity contribution in [2.45, 2.75) is 44.7 Å². The number of nitrogens with one attached hydrogen (secondary N) is 1. The quantitative estimate of drug-likeness (QED) is 0.878. The Kier molecular flexibility index (Phi) is 4.54. The number of rotatable bonds is 4. The van der Waals surface area contributed by atoms with Gasteiger partial charge in [0.25, 0.3) is 0 Å². The molecule has 1 aliphatic rings. The fourth-order valence-corrected chi connectivity index (χ4v) is 3.07. The van der Waals surface area contributed by atoms with Gasteiger partial charge in [-0.05, 0) is 26.2 Å². The van der Waals surface area contributed by atoms with Gasteiger partial charge in [-0.15, -0.1) is 11.3 Å². The summed E-state index contributed by atoms with van der Waals surface area (Å²) in [6, 6.07) is -0.0468. The van der Waals surface area contributed by atoms with Crippen LogP contribution in [0.1, 0.15) is 42.9 Å². The number of carbonyl (C=O) groups is 1. The predicted molar refractivity (Wildman–Crippen MR) is 75.0 cm³/mol. The van der Waals surface area contributed by atoms with Crippen LogP contribution >= 0.6 is 11.3 Å². The van der Waals surface area contributed by atoms with Gasteiger partial charge in [0, 0.05) is 24.3 Å². The molecule has 1 aromatic rings. The van der Waals surface area contributed by atoms with Gasteiger partial charge in [-0.1, -0.05) is 6.92 Å². The third-order valence-electron chi connectivity index (χ3n) is 3.49. The molecule has 1 atom stereocenters. The van der Waals surface area contributed by atoms with Gasteiger partial charge in [0.2, 0.25) is 5.91 Å². The third kappa shape index (κ3) is 3.32. The molecule has 0 radical (unpaired) electrons. The van der Waals surface area contributed by atoms with Crippen LogP contribution in [0.2, 0.25) is 0 Å². The maximum Gasteiger partial charge on any atom is 0.240 e. The molecular weight excluding hydrogens is 262 g/mol. The molecule has 1 amide bonds. The number of nitrogens with two attached hydrogens (primary N) is 1. The van der Waals surface area contributed by atoms with Gasteiger partial charge in [0.05, 0.1) is 11.6 Å². The number of amides is 1. The van der Waals surface area contributed by atoms with Crippen LogP contribution in [0, 0.1) is 6.92 Å². The van der Waals surface area contributed by atoms with Gasteiger partial charge in [-0.3, -0.25) is 4.79 Å². The summed E-state index contributed by atoms with van der Waals surface area (Å²) in [7, 11) is 0. The third-order valence-corrected chi connectivity index (χ3v) is 4.56. The standard InChI is InChI=1S/C13H21N3O2S/c1-3-10(11-15-9(2)8-19-11)16-12(17)13(14)4-6-18-7-5-13/h8,10H,3-7,14H2,1-2H3,(H,16,17). The maximum atomic E-state index is 12.4. The Morgan fingerprint density at radius 2 is 2.32 bits per heavy atom. The van der Waals surface area contributed by atoms with Crippen molar-refractivity contribution in [3.63, 3.8) is 0 Å². The molecule has 1 saturated heterocycles. The molecule has 106 valence electrons. The molecule has 0 spiro atoms. The molecule has 3 N–H and O–H groups in total. The van der Waals surface area contributed by atoms with Crippen LogP contribution in [0.3, 0.4) is 0 Å². The number of aromatic nitrogens is 1. The Morgan fingerprint density at radius 3 is 2.84 bits per heavy atom. The van der Waals surface area contributed by atoms with E-state index in [1.807, 2.05) is 19.2 Å². The molecule has 1 aromatic heterocycles. The molecule has 1 fully saturated rings. The number of aryl methyl sites for hydroxylation is 1. The summed E-state index contributed by atoms with van der Waals surface area (Å²) in [5.74, 6) is -0.0875. The van der Waals surface area contributed by atoms with E-state index >= 15 is 0 Å². The topological polar surface area (TPSA) is 77.2 Å². The minimum atomic E-state index is -0.794. The molecule has 1 aliphatic heterocycles. The lowest BCUT2D eigenvalue weighted by molar-refractivity contribution is -0.130. The predicted octanol–water partition coefficient (Wildman–Crippen LogP) is 1.53. The van der Waals surface area contributed by atoms with Crippen molar-refractivity contribution in [3.05, 3.63) is 16.1 Å². The first-order valence-corrected chi connectivity index (χ1v) is 7.53. The maximum absolute atomic E-state index is 12.4. The minimum Gasteiger partial charge on any atom is -0.381 e. The first kappa shape index (κ1) is 14.4. The van der Waals surface area contributed by atoms with Crippen LogP contribution < -0.4 is 11.1 Å². The largest absolute Gasteiger partial charge is 0.381 e. The van der Waals surface area contributed by atoms with Crippen LogP contribution in [-0.4, -0.2) is 29.6 Å². The van der Waals surface area contributed by atoms with E-state index < -0.39 is 5.54 Å². The van der Waals surface area contributed by atoms with E-state index in [4.69, 9.17) is 10.5 Å². The van der Waals surface area contributed by atoms with E-state index in [1.165, 1.54) is 0 Å². The summed E-state index contributed by atoms with van der Waals surface area (Å²) < 4.78 is 5.26. The lowest BCUT2D eigenvalue weighted by Gasteiger charge is -2.33. The zero-order valence-corrected chi connectivity index (χ0v) is 12.3. The fraction of sp³-hybridized carbons (Fsp3) is 0.692. The minimum absolute atomic E-state index is 0.0468. The summed E-state index contributed by atoms with van der Waals surface area (Å²) in [5, 5.41) is 5.98. The Hall–Kier alpha value is -0.980. The summed E-state index contributed by atoms with van der Waals surface area (Å²) in [6.45, 7) is 5.10. The summed E-state index contributed by atoms with van der Waals surface area (Å²) >= 11 is 1.58. The molecule has 2 heterocycles. The Morgan fingerprint density at radius 1 is 1.63 bits per heavy atom. The van der Waals surface area contributed by atoms with E-state index in [1.54, 1.807) is 11.3 Å². The van der Waals surface area contributed by atoms with E-state index in [0.717, 1.165) is 17.1 Å². The van der Waals surface area contributed by atoms with Gasteiger partial charge >= 0.3 is 0 Å². The smallest absolute Gasteiger partial charge is 0.240 e. The van der Waals surface area contributed by atoms with Crippen LogP contribution in [0.25, 0.3) is 0 Å². The monoisotopic (exact) mass is 283 g/mol. The number of ether oxygens (including phenoxy) is 1. The van der Waals surface area contributed by atoms with Crippen molar-refractivity contribution in [3.8, 4) is 0 Å². The molecule has 0 aromatic carbocycles. The van der Waals surface area contributed by atoms with Gasteiger partial charge in [-0.2, -0.15) is 0 Å². The highest BCUT2D eigenvalue weighted by molar-refractivity contribution is 7.09. The normalized spacial score (nSPS) is 19.9. The van der Waals surface area contributed by atoms with Gasteiger partial charge in [-0.25, -0.2) is 4.98 Å². The number of thiazole rings is 1. The van der Waals surface area contributed by atoms with Crippen molar-refractivity contribution in [2.24, 2.45) is 5.73 Å². The highest BCUT2D eigenvalue weighted by Crippen LogP contribution is 2.24. The van der Waals surface area contributed by atoms with Crippen LogP contribution in [0.5, 0.6) is 0 Å². The first-order valence-electron chi connectivity index (χ1n) is 6.65. The Labute approximate surface area is 117 Å². The fourth-order valence-electron chi connectivity index (χ4n) is 2.14. The summed E-state index contributed by atoms with van der Waals surface area (Å²) in [6.07, 6.45) is 1.96. The summed E-state index contributed by atoms with van der Waals surface area (Å²) in [4.78, 5) is 16.8. The second-order valence-corrected chi connectivity index (χ2v) is 5.92. The highest BCUT2D eigenvalue weighted by Gasteiger charge is 2.37.